The van der Waals surface area contributed by atoms with E-state index in [9.17, 15) is 4.79 Å². The number of carbonyl (C=O) groups is 1. The zero-order valence-electron chi connectivity index (χ0n) is 17.7. The van der Waals surface area contributed by atoms with Crippen molar-refractivity contribution in [1.82, 2.24) is 15.2 Å². The maximum absolute atomic E-state index is 12.9. The summed E-state index contributed by atoms with van der Waals surface area (Å²) >= 11 is 1.47. The van der Waals surface area contributed by atoms with Gasteiger partial charge in [0.05, 0.1) is 17.3 Å². The van der Waals surface area contributed by atoms with Gasteiger partial charge in [0, 0.05) is 18.1 Å². The number of aryl methyl sites for hydroxylation is 2. The number of carbonyl (C=O) groups excluding carboxylic acids is 1. The second kappa shape index (κ2) is 8.36. The first kappa shape index (κ1) is 20.8. The Labute approximate surface area is 185 Å². The summed E-state index contributed by atoms with van der Waals surface area (Å²) in [5.74, 6) is 0.954. The standard InChI is InChI=1S/C23H21N5O2S/c1-5-31-23-25-21-19(26-27-23)18-11-13(2)10-14(3)20(18)28(15(4)29)22(30-21)17-8-6-16(12-24)7-9-17/h6-11,22H,5H2,1-4H3/t22-/m1/s1. The van der Waals surface area contributed by atoms with E-state index in [1.165, 1.54) is 18.7 Å². The van der Waals surface area contributed by atoms with Crippen LogP contribution in [-0.4, -0.2) is 26.8 Å². The van der Waals surface area contributed by atoms with Crippen LogP contribution >= 0.6 is 11.8 Å². The minimum Gasteiger partial charge on any atom is -0.447 e. The van der Waals surface area contributed by atoms with Crippen molar-refractivity contribution in [3.63, 3.8) is 0 Å². The number of fused-ring (bicyclic) bond motifs is 3. The van der Waals surface area contributed by atoms with Crippen LogP contribution in [0.3, 0.4) is 0 Å². The molecule has 2 aromatic carbocycles. The summed E-state index contributed by atoms with van der Waals surface area (Å²) in [7, 11) is 0. The van der Waals surface area contributed by atoms with E-state index >= 15 is 0 Å². The third kappa shape index (κ3) is 3.84. The Bertz CT molecular complexity index is 1200. The quantitative estimate of drug-likeness (QED) is 0.560. The third-order valence-corrected chi connectivity index (χ3v) is 5.69. The Kier molecular flexibility index (Phi) is 5.61. The highest BCUT2D eigenvalue weighted by Gasteiger charge is 2.35. The summed E-state index contributed by atoms with van der Waals surface area (Å²) in [5, 5.41) is 18.4. The molecule has 0 spiro atoms. The van der Waals surface area contributed by atoms with Crippen LogP contribution < -0.4 is 9.64 Å². The zero-order valence-corrected chi connectivity index (χ0v) is 18.5. The Hall–Kier alpha value is -3.44. The van der Waals surface area contributed by atoms with E-state index in [0.29, 0.717) is 22.3 Å². The monoisotopic (exact) mass is 431 g/mol. The van der Waals surface area contributed by atoms with Crippen molar-refractivity contribution in [3.05, 3.63) is 58.7 Å². The molecule has 1 aliphatic rings. The lowest BCUT2D eigenvalue weighted by Crippen LogP contribution is -2.36. The smallest absolute Gasteiger partial charge is 0.247 e. The highest BCUT2D eigenvalue weighted by molar-refractivity contribution is 7.99. The fourth-order valence-corrected chi connectivity index (χ4v) is 4.24. The molecule has 2 heterocycles. The number of rotatable bonds is 3. The number of nitrogens with zero attached hydrogens (tertiary/aromatic N) is 5. The molecule has 1 aliphatic heterocycles. The van der Waals surface area contributed by atoms with E-state index in [1.54, 1.807) is 29.2 Å². The van der Waals surface area contributed by atoms with Crippen LogP contribution in [-0.2, 0) is 4.79 Å². The van der Waals surface area contributed by atoms with E-state index < -0.39 is 6.23 Å². The molecule has 0 unspecified atom stereocenters. The summed E-state index contributed by atoms with van der Waals surface area (Å²) in [6.07, 6.45) is -0.761. The van der Waals surface area contributed by atoms with Crippen molar-refractivity contribution in [2.75, 3.05) is 10.7 Å². The van der Waals surface area contributed by atoms with Crippen molar-refractivity contribution < 1.29 is 9.53 Å². The predicted molar refractivity (Wildman–Crippen MR) is 119 cm³/mol. The average molecular weight is 432 g/mol. The molecule has 4 rings (SSSR count). The van der Waals surface area contributed by atoms with E-state index in [0.717, 1.165) is 33.7 Å². The first-order valence-corrected chi connectivity index (χ1v) is 10.9. The van der Waals surface area contributed by atoms with E-state index in [2.05, 4.69) is 21.3 Å². The van der Waals surface area contributed by atoms with Crippen molar-refractivity contribution in [1.29, 1.82) is 5.26 Å². The van der Waals surface area contributed by atoms with Crippen LogP contribution in [0.2, 0.25) is 0 Å². The average Bonchev–Trinajstić information content (AvgIpc) is 2.88. The molecule has 0 N–H and O–H groups in total. The number of aromatic nitrogens is 3. The van der Waals surface area contributed by atoms with Gasteiger partial charge in [0.15, 0.2) is 5.69 Å². The summed E-state index contributed by atoms with van der Waals surface area (Å²) in [4.78, 5) is 19.1. The molecule has 31 heavy (non-hydrogen) atoms. The lowest BCUT2D eigenvalue weighted by molar-refractivity contribution is -0.118. The number of hydrogen-bond donors (Lipinski definition) is 0. The van der Waals surface area contributed by atoms with Gasteiger partial charge in [0.25, 0.3) is 0 Å². The van der Waals surface area contributed by atoms with Crippen LogP contribution in [0.1, 0.15) is 42.3 Å². The molecule has 0 saturated carbocycles. The highest BCUT2D eigenvalue weighted by Crippen LogP contribution is 2.45. The Morgan fingerprint density at radius 1 is 1.23 bits per heavy atom. The van der Waals surface area contributed by atoms with Crippen LogP contribution in [0.4, 0.5) is 5.69 Å². The largest absolute Gasteiger partial charge is 0.447 e. The lowest BCUT2D eigenvalue weighted by Gasteiger charge is -2.31. The van der Waals surface area contributed by atoms with Gasteiger partial charge in [0.2, 0.25) is 23.2 Å². The first-order chi connectivity index (χ1) is 14.9. The number of anilines is 1. The number of thioether (sulfide) groups is 1. The van der Waals surface area contributed by atoms with E-state index in [1.807, 2.05) is 32.9 Å². The Morgan fingerprint density at radius 3 is 2.61 bits per heavy atom. The number of hydrogen-bond acceptors (Lipinski definition) is 7. The topological polar surface area (TPSA) is 92.0 Å². The molecular formula is C23H21N5O2S. The van der Waals surface area contributed by atoms with Crippen molar-refractivity contribution >= 4 is 23.4 Å². The Balaban J connectivity index is 1.99. The normalized spacial score (nSPS) is 14.7. The molecule has 0 radical (unpaired) electrons. The van der Waals surface area contributed by atoms with Crippen molar-refractivity contribution in [3.8, 4) is 23.2 Å². The summed E-state index contributed by atoms with van der Waals surface area (Å²) in [6, 6.07) is 13.1. The predicted octanol–water partition coefficient (Wildman–Crippen LogP) is 4.58. The number of ether oxygens (including phenoxy) is 1. The maximum Gasteiger partial charge on any atom is 0.247 e. The fourth-order valence-electron chi connectivity index (χ4n) is 3.74. The molecule has 1 aromatic heterocycles. The second-order valence-electron chi connectivity index (χ2n) is 7.25. The zero-order chi connectivity index (χ0) is 22.1. The third-order valence-electron chi connectivity index (χ3n) is 4.97. The van der Waals surface area contributed by atoms with Gasteiger partial charge < -0.3 is 4.74 Å². The van der Waals surface area contributed by atoms with Gasteiger partial charge >= 0.3 is 0 Å². The molecule has 0 saturated heterocycles. The van der Waals surface area contributed by atoms with Gasteiger partial charge in [-0.1, -0.05) is 42.4 Å². The molecular weight excluding hydrogens is 410 g/mol. The van der Waals surface area contributed by atoms with Gasteiger partial charge in [0.1, 0.15) is 0 Å². The Morgan fingerprint density at radius 2 is 1.97 bits per heavy atom. The van der Waals surface area contributed by atoms with Crippen LogP contribution in [0.25, 0.3) is 11.3 Å². The molecule has 8 heteroatoms. The van der Waals surface area contributed by atoms with Crippen molar-refractivity contribution in [2.24, 2.45) is 0 Å². The minimum absolute atomic E-state index is 0.175. The van der Waals surface area contributed by atoms with Crippen LogP contribution in [0.5, 0.6) is 5.88 Å². The molecule has 0 bridgehead atoms. The minimum atomic E-state index is -0.761. The molecule has 156 valence electrons. The maximum atomic E-state index is 12.9. The summed E-state index contributed by atoms with van der Waals surface area (Å²) < 4.78 is 6.35. The van der Waals surface area contributed by atoms with Gasteiger partial charge in [-0.25, -0.2) is 0 Å². The molecule has 1 atom stereocenters. The van der Waals surface area contributed by atoms with Gasteiger partial charge in [-0.3, -0.25) is 9.69 Å². The SMILES string of the molecule is CCSc1nnc2c(n1)O[C@H](c1ccc(C#N)cc1)N(C(C)=O)c1c(C)cc(C)cc1-2. The molecule has 3 aromatic rings. The number of benzene rings is 2. The van der Waals surface area contributed by atoms with E-state index in [4.69, 9.17) is 10.00 Å². The summed E-state index contributed by atoms with van der Waals surface area (Å²) in [6.45, 7) is 7.48. The highest BCUT2D eigenvalue weighted by atomic mass is 32.2. The molecule has 0 aliphatic carbocycles. The number of amides is 1. The fraction of sp³-hybridized carbons (Fsp3) is 0.261. The van der Waals surface area contributed by atoms with Crippen LogP contribution in [0, 0.1) is 25.2 Å². The van der Waals surface area contributed by atoms with Crippen molar-refractivity contribution in [2.45, 2.75) is 39.1 Å². The molecule has 1 amide bonds. The van der Waals surface area contributed by atoms with Gasteiger partial charge in [-0.2, -0.15) is 10.2 Å². The summed E-state index contributed by atoms with van der Waals surface area (Å²) in [5.41, 5.74) is 5.21. The lowest BCUT2D eigenvalue weighted by atomic mass is 10.00. The van der Waals surface area contributed by atoms with Gasteiger partial charge in [-0.05, 0) is 43.4 Å². The molecule has 0 fully saturated rings. The van der Waals surface area contributed by atoms with Crippen LogP contribution in [0.15, 0.2) is 41.6 Å². The van der Waals surface area contributed by atoms with Gasteiger partial charge in [-0.15, -0.1) is 10.2 Å². The second-order valence-corrected chi connectivity index (χ2v) is 8.48. The molecule has 7 nitrogen and oxygen atoms in total. The first-order valence-electron chi connectivity index (χ1n) is 9.88. The van der Waals surface area contributed by atoms with E-state index in [-0.39, 0.29) is 5.91 Å². The number of nitriles is 1.